The number of benzene rings is 1. The molecule has 1 heterocycles. The fraction of sp³-hybridized carbons (Fsp3) is 0.176. The van der Waals surface area contributed by atoms with Crippen molar-refractivity contribution in [3.8, 4) is 5.75 Å². The highest BCUT2D eigenvalue weighted by molar-refractivity contribution is 6.04. The molecular formula is C17H16O5. The smallest absolute Gasteiger partial charge is 0.306 e. The third-order valence-corrected chi connectivity index (χ3v) is 2.85. The van der Waals surface area contributed by atoms with E-state index >= 15 is 0 Å². The van der Waals surface area contributed by atoms with E-state index in [0.717, 1.165) is 5.56 Å². The minimum absolute atomic E-state index is 0.0591. The number of rotatable bonds is 7. The highest BCUT2D eigenvalue weighted by Gasteiger charge is 2.06. The van der Waals surface area contributed by atoms with E-state index in [4.69, 9.17) is 14.3 Å². The van der Waals surface area contributed by atoms with E-state index in [1.54, 1.807) is 43.3 Å². The van der Waals surface area contributed by atoms with Crippen molar-refractivity contribution in [1.29, 1.82) is 0 Å². The Morgan fingerprint density at radius 1 is 1.27 bits per heavy atom. The number of aliphatic carboxylic acids is 1. The lowest BCUT2D eigenvalue weighted by Gasteiger charge is -2.04. The first-order chi connectivity index (χ1) is 10.5. The van der Waals surface area contributed by atoms with Crippen LogP contribution in [0.4, 0.5) is 0 Å². The Labute approximate surface area is 127 Å². The minimum atomic E-state index is -0.907. The van der Waals surface area contributed by atoms with Crippen LogP contribution in [0.15, 0.2) is 46.9 Å². The number of carboxylic acids is 1. The van der Waals surface area contributed by atoms with Gasteiger partial charge in [0.05, 0.1) is 13.0 Å². The number of carbonyl (C=O) groups excluding carboxylic acids is 1. The zero-order valence-electron chi connectivity index (χ0n) is 12.1. The number of carboxylic acid groups (broad SMARTS) is 1. The highest BCUT2D eigenvalue weighted by Crippen LogP contribution is 2.15. The molecule has 0 radical (unpaired) electrons. The van der Waals surface area contributed by atoms with E-state index < -0.39 is 5.97 Å². The molecule has 0 spiro atoms. The van der Waals surface area contributed by atoms with Gasteiger partial charge in [0.2, 0.25) is 5.78 Å². The van der Waals surface area contributed by atoms with Crippen LogP contribution in [0.2, 0.25) is 0 Å². The Balaban J connectivity index is 1.98. The van der Waals surface area contributed by atoms with Crippen LogP contribution in [0.5, 0.6) is 5.75 Å². The molecule has 5 nitrogen and oxygen atoms in total. The van der Waals surface area contributed by atoms with E-state index in [1.165, 1.54) is 6.08 Å². The van der Waals surface area contributed by atoms with Gasteiger partial charge in [0.1, 0.15) is 11.5 Å². The van der Waals surface area contributed by atoms with Crippen molar-refractivity contribution >= 4 is 17.8 Å². The molecule has 0 saturated heterocycles. The first-order valence-corrected chi connectivity index (χ1v) is 6.78. The summed E-state index contributed by atoms with van der Waals surface area (Å²) in [4.78, 5) is 22.3. The molecule has 1 N–H and O–H groups in total. The van der Waals surface area contributed by atoms with Gasteiger partial charge in [0, 0.05) is 0 Å². The number of furan rings is 1. The average molecular weight is 300 g/mol. The Morgan fingerprint density at radius 2 is 2.09 bits per heavy atom. The maximum absolute atomic E-state index is 11.9. The predicted octanol–water partition coefficient (Wildman–Crippen LogP) is 3.34. The standard InChI is InChI=1S/C17H16O5/c1-12-5-8-16(22-12)15(18)7-6-13-3-2-4-14(11-13)21-10-9-17(19)20/h2-8,11H,9-10H2,1H3,(H,19,20)/b7-6+. The number of carbonyl (C=O) groups is 2. The van der Waals surface area contributed by atoms with Crippen LogP contribution in [-0.4, -0.2) is 23.5 Å². The summed E-state index contributed by atoms with van der Waals surface area (Å²) in [6.45, 7) is 1.88. The lowest BCUT2D eigenvalue weighted by atomic mass is 10.1. The van der Waals surface area contributed by atoms with Crippen LogP contribution in [0.1, 0.15) is 28.3 Å². The Morgan fingerprint density at radius 3 is 2.77 bits per heavy atom. The monoisotopic (exact) mass is 300 g/mol. The molecule has 0 aliphatic heterocycles. The second kappa shape index (κ2) is 7.26. The summed E-state index contributed by atoms with van der Waals surface area (Å²) in [5, 5.41) is 8.56. The predicted molar refractivity (Wildman–Crippen MR) is 81.0 cm³/mol. The molecule has 0 aliphatic rings. The molecule has 114 valence electrons. The van der Waals surface area contributed by atoms with Gasteiger partial charge in [-0.1, -0.05) is 18.2 Å². The Bertz CT molecular complexity index is 697. The fourth-order valence-electron chi connectivity index (χ4n) is 1.79. The van der Waals surface area contributed by atoms with Crippen LogP contribution < -0.4 is 4.74 Å². The molecule has 1 aromatic heterocycles. The first-order valence-electron chi connectivity index (χ1n) is 6.78. The molecule has 1 aromatic carbocycles. The van der Waals surface area contributed by atoms with E-state index in [9.17, 15) is 9.59 Å². The van der Waals surface area contributed by atoms with Crippen molar-refractivity contribution in [2.75, 3.05) is 6.61 Å². The maximum Gasteiger partial charge on any atom is 0.306 e. The number of hydrogen-bond donors (Lipinski definition) is 1. The normalized spacial score (nSPS) is 10.8. The zero-order valence-corrected chi connectivity index (χ0v) is 12.1. The topological polar surface area (TPSA) is 76.7 Å². The quantitative estimate of drug-likeness (QED) is 0.627. The molecule has 22 heavy (non-hydrogen) atoms. The summed E-state index contributed by atoms with van der Waals surface area (Å²) in [5.74, 6) is 0.415. The van der Waals surface area contributed by atoms with Crippen LogP contribution in [0.3, 0.4) is 0 Å². The number of aryl methyl sites for hydroxylation is 1. The Kier molecular flexibility index (Phi) is 5.14. The molecule has 2 rings (SSSR count). The Hall–Kier alpha value is -2.82. The van der Waals surface area contributed by atoms with Crippen LogP contribution in [0, 0.1) is 6.92 Å². The molecule has 0 unspecified atom stereocenters. The van der Waals surface area contributed by atoms with E-state index in [-0.39, 0.29) is 18.8 Å². The fourth-order valence-corrected chi connectivity index (χ4v) is 1.79. The number of ketones is 1. The van der Waals surface area contributed by atoms with E-state index in [2.05, 4.69) is 0 Å². The van der Waals surface area contributed by atoms with Crippen molar-refractivity contribution in [3.05, 3.63) is 59.6 Å². The van der Waals surface area contributed by atoms with Gasteiger partial charge in [-0.3, -0.25) is 9.59 Å². The van der Waals surface area contributed by atoms with Crippen molar-refractivity contribution < 1.29 is 23.8 Å². The third kappa shape index (κ3) is 4.63. The summed E-state index contributed by atoms with van der Waals surface area (Å²) < 4.78 is 10.6. The first kappa shape index (κ1) is 15.6. The van der Waals surface area contributed by atoms with Gasteiger partial charge < -0.3 is 14.3 Å². The third-order valence-electron chi connectivity index (χ3n) is 2.85. The maximum atomic E-state index is 11.9. The molecule has 0 fully saturated rings. The van der Waals surface area contributed by atoms with Crippen molar-refractivity contribution in [1.82, 2.24) is 0 Å². The summed E-state index contributed by atoms with van der Waals surface area (Å²) in [5.41, 5.74) is 0.782. The lowest BCUT2D eigenvalue weighted by Crippen LogP contribution is -2.04. The van der Waals surface area contributed by atoms with Gasteiger partial charge in [-0.2, -0.15) is 0 Å². The van der Waals surface area contributed by atoms with Gasteiger partial charge >= 0.3 is 5.97 Å². The molecule has 5 heteroatoms. The van der Waals surface area contributed by atoms with Crippen molar-refractivity contribution in [2.45, 2.75) is 13.3 Å². The molecule has 0 saturated carbocycles. The van der Waals surface area contributed by atoms with Gasteiger partial charge in [-0.15, -0.1) is 0 Å². The lowest BCUT2D eigenvalue weighted by molar-refractivity contribution is -0.137. The second-order valence-corrected chi connectivity index (χ2v) is 4.67. The van der Waals surface area contributed by atoms with Gasteiger partial charge in [0.25, 0.3) is 0 Å². The number of allylic oxidation sites excluding steroid dienone is 1. The van der Waals surface area contributed by atoms with Gasteiger partial charge in [-0.25, -0.2) is 0 Å². The molecule has 2 aromatic rings. The van der Waals surface area contributed by atoms with E-state index in [0.29, 0.717) is 17.3 Å². The zero-order chi connectivity index (χ0) is 15.9. The molecule has 0 atom stereocenters. The average Bonchev–Trinajstić information content (AvgIpc) is 2.91. The van der Waals surface area contributed by atoms with Gasteiger partial charge in [0.15, 0.2) is 5.76 Å². The SMILES string of the molecule is Cc1ccc(C(=O)/C=C/c2cccc(OCCC(=O)O)c2)o1. The number of hydrogen-bond acceptors (Lipinski definition) is 4. The largest absolute Gasteiger partial charge is 0.493 e. The van der Waals surface area contributed by atoms with E-state index in [1.807, 2.05) is 6.07 Å². The summed E-state index contributed by atoms with van der Waals surface area (Å²) >= 11 is 0. The molecule has 0 amide bonds. The van der Waals surface area contributed by atoms with Crippen LogP contribution in [-0.2, 0) is 4.79 Å². The second-order valence-electron chi connectivity index (χ2n) is 4.67. The van der Waals surface area contributed by atoms with Gasteiger partial charge in [-0.05, 0) is 42.8 Å². The molecule has 0 aliphatic carbocycles. The van der Waals surface area contributed by atoms with Crippen molar-refractivity contribution in [3.63, 3.8) is 0 Å². The highest BCUT2D eigenvalue weighted by atomic mass is 16.5. The van der Waals surface area contributed by atoms with Crippen molar-refractivity contribution in [2.24, 2.45) is 0 Å². The number of ether oxygens (including phenoxy) is 1. The van der Waals surface area contributed by atoms with Crippen LogP contribution >= 0.6 is 0 Å². The molecular weight excluding hydrogens is 284 g/mol. The summed E-state index contributed by atoms with van der Waals surface area (Å²) in [7, 11) is 0. The van der Waals surface area contributed by atoms with Crippen LogP contribution in [0.25, 0.3) is 6.08 Å². The minimum Gasteiger partial charge on any atom is -0.493 e. The summed E-state index contributed by atoms with van der Waals surface area (Å²) in [6, 6.07) is 10.4. The summed E-state index contributed by atoms with van der Waals surface area (Å²) in [6.07, 6.45) is 3.02. The molecule has 0 bridgehead atoms.